The van der Waals surface area contributed by atoms with E-state index in [2.05, 4.69) is 11.2 Å². The van der Waals surface area contributed by atoms with E-state index in [9.17, 15) is 4.79 Å². The topological polar surface area (TPSA) is 55.6 Å². The van der Waals surface area contributed by atoms with Gasteiger partial charge in [0, 0.05) is 23.1 Å². The van der Waals surface area contributed by atoms with Crippen LogP contribution in [0.2, 0.25) is 0 Å². The van der Waals surface area contributed by atoms with Gasteiger partial charge in [0.05, 0.1) is 13.2 Å². The summed E-state index contributed by atoms with van der Waals surface area (Å²) >= 11 is 1.69. The molecule has 25 heavy (non-hydrogen) atoms. The summed E-state index contributed by atoms with van der Waals surface area (Å²) in [7, 11) is 1.63. The van der Waals surface area contributed by atoms with E-state index in [0.717, 1.165) is 30.7 Å². The highest BCUT2D eigenvalue weighted by Crippen LogP contribution is 2.35. The molecule has 1 unspecified atom stereocenters. The van der Waals surface area contributed by atoms with Gasteiger partial charge in [-0.25, -0.2) is 0 Å². The maximum Gasteiger partial charge on any atom is 0.276 e. The van der Waals surface area contributed by atoms with Crippen molar-refractivity contribution in [3.63, 3.8) is 0 Å². The SMILES string of the molecule is COc1ccc(-c2cc(C(=O)N3CCCC3c3cccs3)no2)cc1. The summed E-state index contributed by atoms with van der Waals surface area (Å²) in [6.45, 7) is 0.756. The molecule has 1 fully saturated rings. The highest BCUT2D eigenvalue weighted by molar-refractivity contribution is 7.10. The summed E-state index contributed by atoms with van der Waals surface area (Å²) in [5.41, 5.74) is 1.22. The molecule has 1 aliphatic rings. The van der Waals surface area contributed by atoms with Crippen molar-refractivity contribution in [3.05, 3.63) is 58.4 Å². The zero-order chi connectivity index (χ0) is 17.2. The third-order valence-corrected chi connectivity index (χ3v) is 5.46. The van der Waals surface area contributed by atoms with Crippen LogP contribution in [0.15, 0.2) is 52.4 Å². The number of carbonyl (C=O) groups excluding carboxylic acids is 1. The first kappa shape index (κ1) is 15.9. The molecular weight excluding hydrogens is 336 g/mol. The lowest BCUT2D eigenvalue weighted by molar-refractivity contribution is 0.0727. The minimum absolute atomic E-state index is 0.0700. The third-order valence-electron chi connectivity index (χ3n) is 4.49. The predicted molar refractivity (Wildman–Crippen MR) is 95.8 cm³/mol. The Kier molecular flexibility index (Phi) is 4.28. The van der Waals surface area contributed by atoms with Crippen molar-refractivity contribution in [1.82, 2.24) is 10.1 Å². The van der Waals surface area contributed by atoms with Crippen LogP contribution >= 0.6 is 11.3 Å². The summed E-state index contributed by atoms with van der Waals surface area (Å²) < 4.78 is 10.6. The number of methoxy groups -OCH3 is 1. The van der Waals surface area contributed by atoms with Gasteiger partial charge in [-0.2, -0.15) is 0 Å². The molecule has 1 aliphatic heterocycles. The highest BCUT2D eigenvalue weighted by atomic mass is 32.1. The first-order valence-corrected chi connectivity index (χ1v) is 9.10. The van der Waals surface area contributed by atoms with Crippen molar-refractivity contribution >= 4 is 17.2 Å². The van der Waals surface area contributed by atoms with Gasteiger partial charge >= 0.3 is 0 Å². The maximum atomic E-state index is 12.9. The Balaban J connectivity index is 1.55. The molecule has 0 bridgehead atoms. The molecule has 0 spiro atoms. The molecule has 1 amide bonds. The molecule has 0 aliphatic carbocycles. The van der Waals surface area contributed by atoms with Crippen molar-refractivity contribution in [2.75, 3.05) is 13.7 Å². The van der Waals surface area contributed by atoms with Crippen molar-refractivity contribution in [2.24, 2.45) is 0 Å². The van der Waals surface area contributed by atoms with Gasteiger partial charge < -0.3 is 14.2 Å². The van der Waals surface area contributed by atoms with E-state index < -0.39 is 0 Å². The summed E-state index contributed by atoms with van der Waals surface area (Å²) in [5.74, 6) is 1.28. The van der Waals surface area contributed by atoms with Crippen molar-refractivity contribution in [2.45, 2.75) is 18.9 Å². The van der Waals surface area contributed by atoms with Crippen LogP contribution in [0.4, 0.5) is 0 Å². The van der Waals surface area contributed by atoms with Gasteiger partial charge in [0.1, 0.15) is 5.75 Å². The van der Waals surface area contributed by atoms with E-state index in [1.807, 2.05) is 40.6 Å². The Bertz CT molecular complexity index is 855. The number of rotatable bonds is 4. The third kappa shape index (κ3) is 3.05. The van der Waals surface area contributed by atoms with Crippen LogP contribution in [-0.2, 0) is 0 Å². The molecule has 3 heterocycles. The molecule has 6 heteroatoms. The highest BCUT2D eigenvalue weighted by Gasteiger charge is 2.32. The molecule has 4 rings (SSSR count). The Morgan fingerprint density at radius 3 is 2.88 bits per heavy atom. The van der Waals surface area contributed by atoms with E-state index in [4.69, 9.17) is 9.26 Å². The molecule has 0 saturated carbocycles. The zero-order valence-electron chi connectivity index (χ0n) is 13.8. The monoisotopic (exact) mass is 354 g/mol. The molecule has 0 N–H and O–H groups in total. The number of carbonyl (C=O) groups is 1. The summed E-state index contributed by atoms with van der Waals surface area (Å²) in [5, 5.41) is 6.05. The molecule has 1 saturated heterocycles. The van der Waals surface area contributed by atoms with Crippen LogP contribution in [0.1, 0.15) is 34.2 Å². The lowest BCUT2D eigenvalue weighted by Gasteiger charge is -2.22. The normalized spacial score (nSPS) is 17.0. The molecule has 0 radical (unpaired) electrons. The maximum absolute atomic E-state index is 12.9. The fraction of sp³-hybridized carbons (Fsp3) is 0.263. The molecule has 1 atom stereocenters. The van der Waals surface area contributed by atoms with Gasteiger partial charge in [-0.05, 0) is 48.6 Å². The first-order valence-electron chi connectivity index (χ1n) is 8.22. The van der Waals surface area contributed by atoms with E-state index >= 15 is 0 Å². The minimum atomic E-state index is -0.0700. The molecule has 128 valence electrons. The number of hydrogen-bond acceptors (Lipinski definition) is 5. The van der Waals surface area contributed by atoms with Gasteiger partial charge in [0.2, 0.25) is 0 Å². The number of likely N-dealkylation sites (tertiary alicyclic amines) is 1. The molecule has 3 aromatic rings. The second-order valence-corrected chi connectivity index (χ2v) is 6.96. The fourth-order valence-electron chi connectivity index (χ4n) is 3.20. The summed E-state index contributed by atoms with van der Waals surface area (Å²) in [6, 6.07) is 13.5. The molecule has 5 nitrogen and oxygen atoms in total. The predicted octanol–water partition coefficient (Wildman–Crippen LogP) is 4.39. The Morgan fingerprint density at radius 2 is 2.16 bits per heavy atom. The van der Waals surface area contributed by atoms with Crippen molar-refractivity contribution in [1.29, 1.82) is 0 Å². The number of thiophene rings is 1. The van der Waals surface area contributed by atoms with E-state index in [1.54, 1.807) is 24.5 Å². The average molecular weight is 354 g/mol. The smallest absolute Gasteiger partial charge is 0.276 e. The first-order chi connectivity index (χ1) is 12.3. The lowest BCUT2D eigenvalue weighted by Crippen LogP contribution is -2.30. The largest absolute Gasteiger partial charge is 0.497 e. The van der Waals surface area contributed by atoms with Gasteiger partial charge in [0.25, 0.3) is 5.91 Å². The van der Waals surface area contributed by atoms with Crippen LogP contribution in [0.3, 0.4) is 0 Å². The number of hydrogen-bond donors (Lipinski definition) is 0. The second kappa shape index (κ2) is 6.72. The number of ether oxygens (including phenoxy) is 1. The van der Waals surface area contributed by atoms with Crippen LogP contribution in [-0.4, -0.2) is 29.6 Å². The molecular formula is C19H18N2O3S. The second-order valence-electron chi connectivity index (χ2n) is 5.98. The standard InChI is InChI=1S/C19H18N2O3S/c1-23-14-8-6-13(7-9-14)17-12-15(20-24-17)19(22)21-10-2-4-16(21)18-5-3-11-25-18/h3,5-9,11-12,16H,2,4,10H2,1H3. The Morgan fingerprint density at radius 1 is 1.32 bits per heavy atom. The van der Waals surface area contributed by atoms with E-state index in [0.29, 0.717) is 11.5 Å². The van der Waals surface area contributed by atoms with Gasteiger partial charge in [-0.15, -0.1) is 11.3 Å². The van der Waals surface area contributed by atoms with Gasteiger partial charge in [-0.1, -0.05) is 11.2 Å². The van der Waals surface area contributed by atoms with Crippen molar-refractivity contribution < 1.29 is 14.1 Å². The quantitative estimate of drug-likeness (QED) is 0.697. The minimum Gasteiger partial charge on any atom is -0.497 e. The Hall–Kier alpha value is -2.60. The number of nitrogens with zero attached hydrogens (tertiary/aromatic N) is 2. The average Bonchev–Trinajstić information content (AvgIpc) is 3.42. The van der Waals surface area contributed by atoms with Crippen LogP contribution < -0.4 is 4.74 Å². The van der Waals surface area contributed by atoms with Crippen LogP contribution in [0.5, 0.6) is 5.75 Å². The van der Waals surface area contributed by atoms with Gasteiger partial charge in [-0.3, -0.25) is 4.79 Å². The summed E-state index contributed by atoms with van der Waals surface area (Å²) in [6.07, 6.45) is 2.01. The van der Waals surface area contributed by atoms with Gasteiger partial charge in [0.15, 0.2) is 11.5 Å². The number of aromatic nitrogens is 1. The zero-order valence-corrected chi connectivity index (χ0v) is 14.7. The fourth-order valence-corrected chi connectivity index (χ4v) is 4.07. The van der Waals surface area contributed by atoms with E-state index in [-0.39, 0.29) is 11.9 Å². The Labute approximate surface area is 149 Å². The summed E-state index contributed by atoms with van der Waals surface area (Å²) in [4.78, 5) is 16.0. The van der Waals surface area contributed by atoms with Crippen LogP contribution in [0.25, 0.3) is 11.3 Å². The number of benzene rings is 1. The van der Waals surface area contributed by atoms with Crippen molar-refractivity contribution in [3.8, 4) is 17.1 Å². The molecule has 1 aromatic carbocycles. The molecule has 2 aromatic heterocycles. The van der Waals surface area contributed by atoms with E-state index in [1.165, 1.54) is 4.88 Å². The lowest BCUT2D eigenvalue weighted by atomic mass is 10.1. The number of amides is 1. The van der Waals surface area contributed by atoms with Crippen LogP contribution in [0, 0.1) is 0 Å².